The minimum atomic E-state index is 0.217. The number of carbonyl (C=O) groups excluding carboxylic acids is 1. The van der Waals surface area contributed by atoms with E-state index in [0.717, 1.165) is 5.56 Å². The van der Waals surface area contributed by atoms with Crippen molar-refractivity contribution in [2.75, 3.05) is 7.11 Å². The van der Waals surface area contributed by atoms with E-state index in [4.69, 9.17) is 26.3 Å². The van der Waals surface area contributed by atoms with Crippen LogP contribution in [0.3, 0.4) is 0 Å². The number of rotatable bonds is 5. The van der Waals surface area contributed by atoms with Crippen molar-refractivity contribution in [3.05, 3.63) is 58.1 Å². The molecule has 4 nitrogen and oxygen atoms in total. The van der Waals surface area contributed by atoms with E-state index in [-0.39, 0.29) is 6.61 Å². The van der Waals surface area contributed by atoms with Gasteiger partial charge in [0.05, 0.1) is 24.3 Å². The summed E-state index contributed by atoms with van der Waals surface area (Å²) in [7, 11) is 1.48. The normalized spacial score (nSPS) is 9.76. The summed E-state index contributed by atoms with van der Waals surface area (Å²) in [6.07, 6.45) is 0.662. The van der Waals surface area contributed by atoms with Crippen LogP contribution in [-0.2, 0) is 6.61 Å². The van der Waals surface area contributed by atoms with Crippen LogP contribution in [0.4, 0.5) is 0 Å². The number of carbonyl (C=O) groups is 1. The van der Waals surface area contributed by atoms with Crippen molar-refractivity contribution in [3.63, 3.8) is 0 Å². The molecule has 106 valence electrons. The summed E-state index contributed by atoms with van der Waals surface area (Å²) >= 11 is 5.91. The molecule has 0 amide bonds. The van der Waals surface area contributed by atoms with Crippen molar-refractivity contribution in [1.82, 2.24) is 0 Å². The molecule has 2 rings (SSSR count). The molecule has 0 spiro atoms. The molecule has 0 aliphatic heterocycles. The molecule has 0 atom stereocenters. The molecule has 2 aromatic rings. The van der Waals surface area contributed by atoms with E-state index in [2.05, 4.69) is 6.07 Å². The van der Waals surface area contributed by atoms with E-state index < -0.39 is 0 Å². The predicted octanol–water partition coefficient (Wildman–Crippen LogP) is 3.61. The highest BCUT2D eigenvalue weighted by atomic mass is 35.5. The number of hydrogen-bond acceptors (Lipinski definition) is 4. The molecule has 0 saturated heterocycles. The maximum atomic E-state index is 11.1. The monoisotopic (exact) mass is 301 g/mol. The van der Waals surface area contributed by atoms with Crippen molar-refractivity contribution in [2.24, 2.45) is 0 Å². The second-order valence-corrected chi connectivity index (χ2v) is 4.68. The first kappa shape index (κ1) is 14.9. The highest BCUT2D eigenvalue weighted by Gasteiger charge is 2.12. The minimum absolute atomic E-state index is 0.217. The molecule has 0 radical (unpaired) electrons. The van der Waals surface area contributed by atoms with E-state index in [1.165, 1.54) is 13.2 Å². The summed E-state index contributed by atoms with van der Waals surface area (Å²) in [5.74, 6) is 0.722. The Morgan fingerprint density at radius 2 is 2.14 bits per heavy atom. The first-order chi connectivity index (χ1) is 10.2. The molecule has 0 bridgehead atoms. The fraction of sp³-hybridized carbons (Fsp3) is 0.125. The van der Waals surface area contributed by atoms with Gasteiger partial charge in [-0.2, -0.15) is 5.26 Å². The Morgan fingerprint density at radius 3 is 2.81 bits per heavy atom. The zero-order valence-electron chi connectivity index (χ0n) is 11.3. The second kappa shape index (κ2) is 6.78. The van der Waals surface area contributed by atoms with Gasteiger partial charge >= 0.3 is 0 Å². The molecule has 0 unspecified atom stereocenters. The number of nitrogens with zero attached hydrogens (tertiary/aromatic N) is 1. The number of hydrogen-bond donors (Lipinski definition) is 0. The fourth-order valence-corrected chi connectivity index (χ4v) is 2.09. The van der Waals surface area contributed by atoms with Crippen LogP contribution >= 0.6 is 11.6 Å². The highest BCUT2D eigenvalue weighted by molar-refractivity contribution is 6.31. The van der Waals surface area contributed by atoms with Crippen LogP contribution in [0, 0.1) is 11.3 Å². The Balaban J connectivity index is 2.27. The van der Waals surface area contributed by atoms with Gasteiger partial charge in [-0.25, -0.2) is 0 Å². The maximum Gasteiger partial charge on any atom is 0.172 e. The molecule has 5 heteroatoms. The first-order valence-corrected chi connectivity index (χ1v) is 6.50. The lowest BCUT2D eigenvalue weighted by molar-refractivity contribution is 0.111. The topological polar surface area (TPSA) is 59.3 Å². The lowest BCUT2D eigenvalue weighted by Gasteiger charge is -2.13. The summed E-state index contributed by atoms with van der Waals surface area (Å²) in [4.78, 5) is 11.1. The Kier molecular flexibility index (Phi) is 4.81. The summed E-state index contributed by atoms with van der Waals surface area (Å²) in [6.45, 7) is 0.217. The van der Waals surface area contributed by atoms with Crippen molar-refractivity contribution in [3.8, 4) is 17.6 Å². The van der Waals surface area contributed by atoms with Gasteiger partial charge < -0.3 is 9.47 Å². The number of benzene rings is 2. The van der Waals surface area contributed by atoms with Gasteiger partial charge in [-0.1, -0.05) is 23.7 Å². The van der Waals surface area contributed by atoms with Crippen LogP contribution < -0.4 is 9.47 Å². The third-order valence-electron chi connectivity index (χ3n) is 2.83. The van der Waals surface area contributed by atoms with Crippen LogP contribution in [0.1, 0.15) is 21.5 Å². The van der Waals surface area contributed by atoms with Crippen LogP contribution in [0.5, 0.6) is 11.5 Å². The van der Waals surface area contributed by atoms with Gasteiger partial charge in [0.25, 0.3) is 0 Å². The van der Waals surface area contributed by atoms with Crippen molar-refractivity contribution in [1.29, 1.82) is 5.26 Å². The molecular formula is C16H12ClNO3. The molecule has 0 aromatic heterocycles. The second-order valence-electron chi connectivity index (χ2n) is 4.25. The number of ether oxygens (including phenoxy) is 2. The zero-order chi connectivity index (χ0) is 15.2. The fourth-order valence-electron chi connectivity index (χ4n) is 1.87. The predicted molar refractivity (Wildman–Crippen MR) is 78.9 cm³/mol. The summed E-state index contributed by atoms with van der Waals surface area (Å²) < 4.78 is 10.8. The lowest BCUT2D eigenvalue weighted by atomic mass is 10.1. The smallest absolute Gasteiger partial charge is 0.172 e. The van der Waals surface area contributed by atoms with Crippen LogP contribution in [-0.4, -0.2) is 13.4 Å². The molecule has 21 heavy (non-hydrogen) atoms. The third kappa shape index (κ3) is 3.53. The summed E-state index contributed by atoms with van der Waals surface area (Å²) in [5, 5.41) is 9.27. The average Bonchev–Trinajstić information content (AvgIpc) is 2.52. The van der Waals surface area contributed by atoms with Gasteiger partial charge in [-0.15, -0.1) is 0 Å². The van der Waals surface area contributed by atoms with Crippen LogP contribution in [0.25, 0.3) is 0 Å². The standard InChI is InChI=1S/C16H12ClNO3/c1-20-15-7-14(17)6-13(9-19)16(15)21-10-12-4-2-3-11(5-12)8-18/h2-7,9H,10H2,1H3. The Hall–Kier alpha value is -2.51. The van der Waals surface area contributed by atoms with Gasteiger partial charge in [0.2, 0.25) is 0 Å². The number of nitriles is 1. The molecule has 0 N–H and O–H groups in total. The number of halogens is 1. The van der Waals surface area contributed by atoms with Gasteiger partial charge in [0.15, 0.2) is 17.8 Å². The van der Waals surface area contributed by atoms with Gasteiger partial charge in [-0.05, 0) is 23.8 Å². The Labute approximate surface area is 127 Å². The SMILES string of the molecule is COc1cc(Cl)cc(C=O)c1OCc1cccc(C#N)c1. The maximum absolute atomic E-state index is 11.1. The van der Waals surface area contributed by atoms with E-state index in [1.54, 1.807) is 24.3 Å². The van der Waals surface area contributed by atoms with E-state index in [0.29, 0.717) is 33.9 Å². The first-order valence-electron chi connectivity index (χ1n) is 6.12. The van der Waals surface area contributed by atoms with E-state index >= 15 is 0 Å². The van der Waals surface area contributed by atoms with Crippen LogP contribution in [0.2, 0.25) is 5.02 Å². The molecule has 0 fully saturated rings. The minimum Gasteiger partial charge on any atom is -0.493 e. The summed E-state index contributed by atoms with van der Waals surface area (Å²) in [5.41, 5.74) is 1.69. The van der Waals surface area contributed by atoms with E-state index in [9.17, 15) is 4.79 Å². The van der Waals surface area contributed by atoms with Crippen LogP contribution in [0.15, 0.2) is 36.4 Å². The quantitative estimate of drug-likeness (QED) is 0.792. The summed E-state index contributed by atoms with van der Waals surface area (Å²) in [6, 6.07) is 12.2. The molecule has 0 aliphatic carbocycles. The number of aldehydes is 1. The lowest BCUT2D eigenvalue weighted by Crippen LogP contribution is -2.01. The average molecular weight is 302 g/mol. The Bertz CT molecular complexity index is 707. The zero-order valence-corrected chi connectivity index (χ0v) is 12.1. The molecule has 0 saturated carbocycles. The van der Waals surface area contributed by atoms with Gasteiger partial charge in [-0.3, -0.25) is 4.79 Å². The molecule has 0 heterocycles. The van der Waals surface area contributed by atoms with Gasteiger partial charge in [0.1, 0.15) is 6.61 Å². The third-order valence-corrected chi connectivity index (χ3v) is 3.05. The number of methoxy groups -OCH3 is 1. The van der Waals surface area contributed by atoms with Gasteiger partial charge in [0, 0.05) is 11.1 Å². The molecule has 0 aliphatic rings. The Morgan fingerprint density at radius 1 is 1.33 bits per heavy atom. The largest absolute Gasteiger partial charge is 0.493 e. The molecular weight excluding hydrogens is 290 g/mol. The van der Waals surface area contributed by atoms with Crippen molar-refractivity contribution in [2.45, 2.75) is 6.61 Å². The van der Waals surface area contributed by atoms with Crippen molar-refractivity contribution >= 4 is 17.9 Å². The highest BCUT2D eigenvalue weighted by Crippen LogP contribution is 2.34. The van der Waals surface area contributed by atoms with Crippen molar-refractivity contribution < 1.29 is 14.3 Å². The molecule has 2 aromatic carbocycles. The van der Waals surface area contributed by atoms with E-state index in [1.807, 2.05) is 6.07 Å².